The Hall–Kier alpha value is 0.00247. The molecule has 0 aliphatic carbocycles. The number of carboxylic acids is 1. The molecule has 2 nitrogen and oxygen atoms in total. The first-order valence-corrected chi connectivity index (χ1v) is 15.2. The van der Waals surface area contributed by atoms with Crippen LogP contribution in [0.1, 0.15) is 144 Å². The summed E-state index contributed by atoms with van der Waals surface area (Å²) >= 11 is -0.473. The smallest absolute Gasteiger partial charge is 0.300 e. The zero-order chi connectivity index (χ0) is 22.3. The van der Waals surface area contributed by atoms with Crippen LogP contribution >= 0.6 is 0 Å². The molecule has 0 aliphatic heterocycles. The third-order valence-corrected chi connectivity index (χ3v) is 10.6. The first kappa shape index (κ1) is 31.2. The molecule has 3 heteroatoms. The maximum Gasteiger partial charge on any atom is 0.300 e. The van der Waals surface area contributed by atoms with Gasteiger partial charge in [0.25, 0.3) is 20.1 Å². The lowest BCUT2D eigenvalue weighted by Gasteiger charge is -2.19. The van der Waals surface area contributed by atoms with E-state index in [1.54, 1.807) is 5.28 Å². The number of rotatable bonds is 19. The lowest BCUT2D eigenvalue weighted by atomic mass is 10.0. The Morgan fingerprint density at radius 3 is 1.10 bits per heavy atom. The van der Waals surface area contributed by atoms with E-state index in [2.05, 4.69) is 34.6 Å². The molecule has 0 aromatic heterocycles. The van der Waals surface area contributed by atoms with Crippen molar-refractivity contribution in [3.05, 3.63) is 0 Å². The maximum atomic E-state index is 9.00. The zero-order valence-corrected chi connectivity index (χ0v) is 22.3. The van der Waals surface area contributed by atoms with Gasteiger partial charge in [0.2, 0.25) is 0 Å². The highest BCUT2D eigenvalue weighted by atomic mass is 27.2. The number of unbranched alkanes of at least 4 members (excludes halogenated alkanes) is 15. The van der Waals surface area contributed by atoms with Crippen molar-refractivity contribution in [2.24, 2.45) is 0 Å². The van der Waals surface area contributed by atoms with E-state index in [4.69, 9.17) is 9.90 Å². The topological polar surface area (TPSA) is 37.3 Å². The van der Waals surface area contributed by atoms with Gasteiger partial charge in [0.1, 0.15) is 0 Å². The molecule has 0 aromatic carbocycles. The largest absolute Gasteiger partial charge is 0.481 e. The van der Waals surface area contributed by atoms with Crippen molar-refractivity contribution >= 4 is 20.1 Å². The third kappa shape index (κ3) is 28.0. The normalized spacial score (nSPS) is 10.9. The predicted octanol–water partition coefficient (Wildman–Crippen LogP) is 9.65. The lowest BCUT2D eigenvalue weighted by Crippen LogP contribution is -2.20. The molecule has 0 radical (unpaired) electrons. The molecule has 0 unspecified atom stereocenters. The van der Waals surface area contributed by atoms with Crippen LogP contribution in [0.5, 0.6) is 0 Å². The Kier molecular flexibility index (Phi) is 26.1. The average Bonchev–Trinajstić information content (AvgIpc) is 2.63. The number of aliphatic carboxylic acids is 1. The van der Waals surface area contributed by atoms with E-state index >= 15 is 0 Å². The van der Waals surface area contributed by atoms with Crippen molar-refractivity contribution in [3.63, 3.8) is 0 Å². The molecule has 0 aliphatic rings. The summed E-state index contributed by atoms with van der Waals surface area (Å²) in [5.74, 6) is -0.833. The van der Waals surface area contributed by atoms with Crippen LogP contribution in [-0.4, -0.2) is 25.2 Å². The van der Waals surface area contributed by atoms with Crippen LogP contribution in [-0.2, 0) is 4.79 Å². The van der Waals surface area contributed by atoms with Crippen molar-refractivity contribution in [1.29, 1.82) is 0 Å². The van der Waals surface area contributed by atoms with Crippen molar-refractivity contribution in [3.8, 4) is 0 Å². The fourth-order valence-electron chi connectivity index (χ4n) is 4.36. The molecule has 0 amide bonds. The van der Waals surface area contributed by atoms with Crippen LogP contribution in [0.4, 0.5) is 0 Å². The standard InChI is InChI=1S/C18H37.2C3H7.C2H4O2.Al/c1-3-5-7-9-11-13-15-17-18-16-14-12-10-8-6-4-2;2*1-3-2;1-2(3)4;/h1,3-18H2,2H3;2*3H,1-2H3;1H3,(H,3,4);. The number of hydrogen-bond acceptors (Lipinski definition) is 1. The fraction of sp³-hybridized carbons (Fsp3) is 0.962. The van der Waals surface area contributed by atoms with Crippen LogP contribution in [0.3, 0.4) is 0 Å². The molecular weight excluding hydrogens is 371 g/mol. The molecule has 0 fully saturated rings. The molecule has 0 rings (SSSR count). The molecule has 174 valence electrons. The molecule has 0 spiro atoms. The van der Waals surface area contributed by atoms with E-state index in [-0.39, 0.29) is 0 Å². The molecule has 0 heterocycles. The summed E-state index contributed by atoms with van der Waals surface area (Å²) in [5.41, 5.74) is 0. The van der Waals surface area contributed by atoms with E-state index in [9.17, 15) is 0 Å². The molecule has 0 aromatic rings. The van der Waals surface area contributed by atoms with Crippen molar-refractivity contribution in [2.75, 3.05) is 0 Å². The summed E-state index contributed by atoms with van der Waals surface area (Å²) in [6.45, 7) is 13.2. The van der Waals surface area contributed by atoms with Gasteiger partial charge in [0.15, 0.2) is 0 Å². The Labute approximate surface area is 189 Å². The second-order valence-electron chi connectivity index (χ2n) is 9.76. The van der Waals surface area contributed by atoms with Gasteiger partial charge in [0.05, 0.1) is 0 Å². The highest BCUT2D eigenvalue weighted by Crippen LogP contribution is 2.25. The van der Waals surface area contributed by atoms with E-state index in [1.165, 1.54) is 103 Å². The molecule has 0 atom stereocenters. The van der Waals surface area contributed by atoms with Gasteiger partial charge in [-0.05, 0) is 0 Å². The minimum atomic E-state index is -0.833. The predicted molar refractivity (Wildman–Crippen MR) is 134 cm³/mol. The van der Waals surface area contributed by atoms with Crippen LogP contribution in [0, 0.1) is 0 Å². The van der Waals surface area contributed by atoms with Crippen LogP contribution in [0.15, 0.2) is 0 Å². The first-order valence-electron chi connectivity index (χ1n) is 13.0. The van der Waals surface area contributed by atoms with E-state index in [0.29, 0.717) is 0 Å². The second-order valence-corrected chi connectivity index (χ2v) is 14.3. The van der Waals surface area contributed by atoms with Crippen LogP contribution in [0.25, 0.3) is 0 Å². The summed E-state index contributed by atoms with van der Waals surface area (Å²) in [4.78, 5) is 9.00. The van der Waals surface area contributed by atoms with Gasteiger partial charge in [-0.2, -0.15) is 0 Å². The Morgan fingerprint density at radius 1 is 0.621 bits per heavy atom. The molecular formula is C26H55AlO2. The summed E-state index contributed by atoms with van der Waals surface area (Å²) in [6.07, 6.45) is 23.7. The SMILES string of the molecule is CC(=O)O.CCCCCCCCCCCCCCCCC[CH2][Al]([CH](C)C)[CH](C)C. The van der Waals surface area contributed by atoms with E-state index in [1.807, 2.05) is 0 Å². The number of hydrogen-bond donors (Lipinski definition) is 1. The van der Waals surface area contributed by atoms with Gasteiger partial charge in [0, 0.05) is 6.92 Å². The second kappa shape index (κ2) is 24.3. The van der Waals surface area contributed by atoms with Crippen molar-refractivity contribution in [2.45, 2.75) is 159 Å². The highest BCUT2D eigenvalue weighted by molar-refractivity contribution is 6.61. The molecule has 1 N–H and O–H groups in total. The summed E-state index contributed by atoms with van der Waals surface area (Å²) in [7, 11) is 0. The lowest BCUT2D eigenvalue weighted by molar-refractivity contribution is -0.134. The Balaban J connectivity index is 0. The van der Waals surface area contributed by atoms with Gasteiger partial charge < -0.3 is 5.11 Å². The van der Waals surface area contributed by atoms with Gasteiger partial charge >= 0.3 is 0 Å². The van der Waals surface area contributed by atoms with Gasteiger partial charge in [-0.3, -0.25) is 4.79 Å². The fourth-order valence-corrected chi connectivity index (χ4v) is 8.00. The highest BCUT2D eigenvalue weighted by Gasteiger charge is 2.23. The zero-order valence-electron chi connectivity index (χ0n) is 21.1. The monoisotopic (exact) mass is 426 g/mol. The molecule has 29 heavy (non-hydrogen) atoms. The van der Waals surface area contributed by atoms with Crippen LogP contribution in [0.2, 0.25) is 14.8 Å². The third-order valence-electron chi connectivity index (χ3n) is 6.10. The van der Waals surface area contributed by atoms with E-state index in [0.717, 1.165) is 16.5 Å². The minimum Gasteiger partial charge on any atom is -0.481 e. The Morgan fingerprint density at radius 2 is 0.862 bits per heavy atom. The quantitative estimate of drug-likeness (QED) is 0.165. The molecule has 0 bridgehead atoms. The number of carboxylic acid groups (broad SMARTS) is 1. The first-order chi connectivity index (χ1) is 13.8. The van der Waals surface area contributed by atoms with Crippen LogP contribution < -0.4 is 0 Å². The average molecular weight is 427 g/mol. The van der Waals surface area contributed by atoms with Crippen molar-refractivity contribution in [1.82, 2.24) is 0 Å². The summed E-state index contributed by atoms with van der Waals surface area (Å²) < 4.78 is 1.99. The number of carbonyl (C=O) groups is 1. The van der Waals surface area contributed by atoms with Gasteiger partial charge in [-0.25, -0.2) is 0 Å². The summed E-state index contributed by atoms with van der Waals surface area (Å²) in [6, 6.07) is 0. The summed E-state index contributed by atoms with van der Waals surface area (Å²) in [5, 5.41) is 9.01. The molecule has 0 saturated carbocycles. The van der Waals surface area contributed by atoms with Gasteiger partial charge in [-0.1, -0.05) is 152 Å². The van der Waals surface area contributed by atoms with Crippen molar-refractivity contribution < 1.29 is 9.90 Å². The minimum absolute atomic E-state index is 0.473. The maximum absolute atomic E-state index is 9.00. The molecule has 0 saturated heterocycles. The van der Waals surface area contributed by atoms with E-state index < -0.39 is 20.1 Å². The van der Waals surface area contributed by atoms with Gasteiger partial charge in [-0.15, -0.1) is 0 Å². The Bertz CT molecular complexity index is 317.